The van der Waals surface area contributed by atoms with Crippen LogP contribution in [-0.2, 0) is 17.8 Å². The zero-order valence-corrected chi connectivity index (χ0v) is 16.1. The van der Waals surface area contributed by atoms with Gasteiger partial charge in [0.1, 0.15) is 5.75 Å². The van der Waals surface area contributed by atoms with Crippen molar-refractivity contribution in [2.24, 2.45) is 0 Å². The van der Waals surface area contributed by atoms with E-state index in [0.717, 1.165) is 38.4 Å². The molecule has 1 saturated heterocycles. The minimum atomic E-state index is -0.257. The van der Waals surface area contributed by atoms with Gasteiger partial charge in [0, 0.05) is 32.2 Å². The monoisotopic (exact) mass is 389 g/mol. The number of anilines is 1. The summed E-state index contributed by atoms with van der Waals surface area (Å²) in [4.78, 5) is 14.9. The third kappa shape index (κ3) is 5.13. The van der Waals surface area contributed by atoms with Crippen molar-refractivity contribution in [1.29, 1.82) is 0 Å². The first-order valence-corrected chi connectivity index (χ1v) is 9.23. The Kier molecular flexibility index (Phi) is 6.55. The van der Waals surface area contributed by atoms with E-state index < -0.39 is 0 Å². The molecule has 6 nitrogen and oxygen atoms in total. The highest BCUT2D eigenvalue weighted by Crippen LogP contribution is 2.28. The molecule has 2 aromatic rings. The predicted molar refractivity (Wildman–Crippen MR) is 106 cm³/mol. The Morgan fingerprint density at radius 3 is 2.74 bits per heavy atom. The molecule has 0 aromatic heterocycles. The van der Waals surface area contributed by atoms with Crippen LogP contribution >= 0.6 is 11.6 Å². The van der Waals surface area contributed by atoms with Crippen molar-refractivity contribution in [1.82, 2.24) is 10.2 Å². The largest absolute Gasteiger partial charge is 0.496 e. The fraction of sp³-hybridized carbons (Fsp3) is 0.350. The van der Waals surface area contributed by atoms with Crippen molar-refractivity contribution in [3.05, 3.63) is 58.1 Å². The first-order chi connectivity index (χ1) is 13.1. The van der Waals surface area contributed by atoms with E-state index >= 15 is 0 Å². The molecule has 3 N–H and O–H groups in total. The van der Waals surface area contributed by atoms with E-state index in [-0.39, 0.29) is 5.91 Å². The van der Waals surface area contributed by atoms with Crippen LogP contribution in [0.25, 0.3) is 0 Å². The van der Waals surface area contributed by atoms with E-state index in [1.54, 1.807) is 6.07 Å². The van der Waals surface area contributed by atoms with Gasteiger partial charge in [0.05, 0.1) is 36.6 Å². The molecule has 0 bridgehead atoms. The van der Waals surface area contributed by atoms with Gasteiger partial charge in [-0.3, -0.25) is 9.69 Å². The Balaban J connectivity index is 1.63. The number of carbonyl (C=O) groups excluding carboxylic acids is 1. The van der Waals surface area contributed by atoms with Crippen molar-refractivity contribution >= 4 is 23.2 Å². The summed E-state index contributed by atoms with van der Waals surface area (Å²) in [6.45, 7) is 4.74. The number of nitrogen functional groups attached to an aromatic ring is 1. The maximum Gasteiger partial charge on any atom is 0.255 e. The average molecular weight is 390 g/mol. The van der Waals surface area contributed by atoms with Gasteiger partial charge in [0.25, 0.3) is 5.91 Å². The number of benzene rings is 2. The molecule has 0 saturated carbocycles. The van der Waals surface area contributed by atoms with Crippen LogP contribution in [0.1, 0.15) is 21.5 Å². The summed E-state index contributed by atoms with van der Waals surface area (Å²) in [6, 6.07) is 11.3. The van der Waals surface area contributed by atoms with Crippen molar-refractivity contribution in [2.45, 2.75) is 13.1 Å². The van der Waals surface area contributed by atoms with Gasteiger partial charge in [0.15, 0.2) is 0 Å². The molecule has 0 spiro atoms. The van der Waals surface area contributed by atoms with Crippen LogP contribution in [0, 0.1) is 0 Å². The number of halogens is 1. The van der Waals surface area contributed by atoms with E-state index in [2.05, 4.69) is 22.3 Å². The molecule has 7 heteroatoms. The lowest BCUT2D eigenvalue weighted by molar-refractivity contribution is 0.0342. The summed E-state index contributed by atoms with van der Waals surface area (Å²) < 4.78 is 10.6. The number of rotatable bonds is 6. The lowest BCUT2D eigenvalue weighted by atomic mass is 10.1. The van der Waals surface area contributed by atoms with Crippen molar-refractivity contribution in [3.63, 3.8) is 0 Å². The summed E-state index contributed by atoms with van der Waals surface area (Å²) >= 11 is 6.04. The molecule has 0 unspecified atom stereocenters. The highest BCUT2D eigenvalue weighted by molar-refractivity contribution is 6.33. The van der Waals surface area contributed by atoms with Gasteiger partial charge in [-0.15, -0.1) is 0 Å². The molecule has 1 aliphatic heterocycles. The standard InChI is InChI=1S/C20H24ClN3O3/c1-26-19-11-18(22)17(21)10-16(19)20(25)23-12-14-3-2-4-15(9-14)13-24-5-7-27-8-6-24/h2-4,9-11H,5-8,12-13,22H2,1H3,(H,23,25). The topological polar surface area (TPSA) is 76.8 Å². The number of ether oxygens (including phenoxy) is 2. The number of methoxy groups -OCH3 is 1. The van der Waals surface area contributed by atoms with E-state index in [4.69, 9.17) is 26.8 Å². The fourth-order valence-electron chi connectivity index (χ4n) is 3.05. The molecule has 144 valence electrons. The minimum absolute atomic E-state index is 0.257. The minimum Gasteiger partial charge on any atom is -0.496 e. The van der Waals surface area contributed by atoms with Crippen LogP contribution in [0.5, 0.6) is 5.75 Å². The molecule has 1 amide bonds. The Morgan fingerprint density at radius 2 is 2.00 bits per heavy atom. The summed E-state index contributed by atoms with van der Waals surface area (Å²) in [5, 5.41) is 3.24. The van der Waals surface area contributed by atoms with Crippen LogP contribution in [0.2, 0.25) is 5.02 Å². The van der Waals surface area contributed by atoms with E-state index in [1.165, 1.54) is 18.7 Å². The highest BCUT2D eigenvalue weighted by Gasteiger charge is 2.15. The number of nitrogens with one attached hydrogen (secondary N) is 1. The molecule has 1 fully saturated rings. The van der Waals surface area contributed by atoms with Crippen molar-refractivity contribution in [2.75, 3.05) is 39.1 Å². The zero-order chi connectivity index (χ0) is 19.2. The maximum atomic E-state index is 12.6. The molecule has 3 rings (SSSR count). The second kappa shape index (κ2) is 9.08. The molecule has 2 aromatic carbocycles. The molecule has 0 aliphatic carbocycles. The van der Waals surface area contributed by atoms with Gasteiger partial charge in [-0.25, -0.2) is 0 Å². The lowest BCUT2D eigenvalue weighted by Crippen LogP contribution is -2.35. The molecule has 0 atom stereocenters. The SMILES string of the molecule is COc1cc(N)c(Cl)cc1C(=O)NCc1cccc(CN2CCOCC2)c1. The van der Waals surface area contributed by atoms with Crippen LogP contribution in [0.3, 0.4) is 0 Å². The van der Waals surface area contributed by atoms with E-state index in [0.29, 0.717) is 28.6 Å². The Hall–Kier alpha value is -2.28. The molecular formula is C20H24ClN3O3. The second-order valence-electron chi connectivity index (χ2n) is 6.47. The Labute approximate surface area is 164 Å². The number of amides is 1. The Morgan fingerprint density at radius 1 is 1.26 bits per heavy atom. The molecule has 1 heterocycles. The molecule has 27 heavy (non-hydrogen) atoms. The number of nitrogens with zero attached hydrogens (tertiary/aromatic N) is 1. The highest BCUT2D eigenvalue weighted by atomic mass is 35.5. The van der Waals surface area contributed by atoms with Gasteiger partial charge >= 0.3 is 0 Å². The molecule has 0 radical (unpaired) electrons. The number of morpholine rings is 1. The third-order valence-corrected chi connectivity index (χ3v) is 4.85. The van der Waals surface area contributed by atoms with Gasteiger partial charge < -0.3 is 20.5 Å². The second-order valence-corrected chi connectivity index (χ2v) is 6.87. The molecular weight excluding hydrogens is 366 g/mol. The summed E-state index contributed by atoms with van der Waals surface area (Å²) in [5.74, 6) is 0.141. The summed E-state index contributed by atoms with van der Waals surface area (Å²) in [5.41, 5.74) is 8.76. The van der Waals surface area contributed by atoms with Crippen molar-refractivity contribution < 1.29 is 14.3 Å². The first kappa shape index (κ1) is 19.5. The van der Waals surface area contributed by atoms with Crippen LogP contribution in [0.15, 0.2) is 36.4 Å². The molecule has 1 aliphatic rings. The van der Waals surface area contributed by atoms with Crippen LogP contribution in [0.4, 0.5) is 5.69 Å². The van der Waals surface area contributed by atoms with Gasteiger partial charge in [-0.1, -0.05) is 35.9 Å². The smallest absolute Gasteiger partial charge is 0.255 e. The lowest BCUT2D eigenvalue weighted by Gasteiger charge is -2.26. The quantitative estimate of drug-likeness (QED) is 0.743. The number of carbonyl (C=O) groups is 1. The predicted octanol–water partition coefficient (Wildman–Crippen LogP) is 2.69. The number of hydrogen-bond acceptors (Lipinski definition) is 5. The van der Waals surface area contributed by atoms with Crippen LogP contribution in [-0.4, -0.2) is 44.2 Å². The number of hydrogen-bond donors (Lipinski definition) is 2. The van der Waals surface area contributed by atoms with Gasteiger partial charge in [0.2, 0.25) is 0 Å². The normalized spacial score (nSPS) is 14.7. The summed E-state index contributed by atoms with van der Waals surface area (Å²) in [7, 11) is 1.49. The van der Waals surface area contributed by atoms with E-state index in [9.17, 15) is 4.79 Å². The number of nitrogens with two attached hydrogens (primary N) is 1. The van der Waals surface area contributed by atoms with Gasteiger partial charge in [-0.2, -0.15) is 0 Å². The van der Waals surface area contributed by atoms with E-state index in [1.807, 2.05) is 12.1 Å². The Bertz CT molecular complexity index is 807. The van der Waals surface area contributed by atoms with Crippen molar-refractivity contribution in [3.8, 4) is 5.75 Å². The maximum absolute atomic E-state index is 12.6. The van der Waals surface area contributed by atoms with Gasteiger partial charge in [-0.05, 0) is 17.2 Å². The first-order valence-electron chi connectivity index (χ1n) is 8.86. The third-order valence-electron chi connectivity index (χ3n) is 4.52. The summed E-state index contributed by atoms with van der Waals surface area (Å²) in [6.07, 6.45) is 0. The fourth-order valence-corrected chi connectivity index (χ4v) is 3.21. The average Bonchev–Trinajstić information content (AvgIpc) is 2.69. The zero-order valence-electron chi connectivity index (χ0n) is 15.3. The van der Waals surface area contributed by atoms with Crippen LogP contribution < -0.4 is 15.8 Å².